The first-order valence-electron chi connectivity index (χ1n) is 9.08. The van der Waals surface area contributed by atoms with Crippen molar-refractivity contribution in [3.8, 4) is 0 Å². The lowest BCUT2D eigenvalue weighted by Crippen LogP contribution is -2.18. The third-order valence-electron chi connectivity index (χ3n) is 3.96. The molecule has 1 aromatic carbocycles. The number of oxazole rings is 1. The lowest BCUT2D eigenvalue weighted by molar-refractivity contribution is -0.119. The SMILES string of the molecule is CC(C)C(=O)Nc1nc(CC(=O)Nc2ccc3oc(C(C)(C)C)nc3c2)cs1. The van der Waals surface area contributed by atoms with Crippen LogP contribution in [0.3, 0.4) is 0 Å². The molecule has 2 amide bonds. The summed E-state index contributed by atoms with van der Waals surface area (Å²) in [6, 6.07) is 5.38. The van der Waals surface area contributed by atoms with Crippen LogP contribution in [0, 0.1) is 5.92 Å². The van der Waals surface area contributed by atoms with E-state index in [9.17, 15) is 9.59 Å². The molecule has 0 fully saturated rings. The molecule has 8 heteroatoms. The second kappa shape index (κ2) is 7.71. The van der Waals surface area contributed by atoms with Crippen molar-refractivity contribution in [3.63, 3.8) is 0 Å². The molecule has 2 aromatic heterocycles. The first kappa shape index (κ1) is 20.0. The van der Waals surface area contributed by atoms with Gasteiger partial charge in [0.1, 0.15) is 5.52 Å². The van der Waals surface area contributed by atoms with E-state index in [1.54, 1.807) is 23.6 Å². The Morgan fingerprint density at radius 1 is 1.18 bits per heavy atom. The number of carbonyl (C=O) groups is 2. The van der Waals surface area contributed by atoms with Gasteiger partial charge in [-0.2, -0.15) is 0 Å². The molecule has 0 bridgehead atoms. The van der Waals surface area contributed by atoms with Crippen LogP contribution in [-0.2, 0) is 21.4 Å². The third-order valence-corrected chi connectivity index (χ3v) is 4.77. The zero-order chi connectivity index (χ0) is 20.5. The van der Waals surface area contributed by atoms with Crippen molar-refractivity contribution in [3.05, 3.63) is 35.2 Å². The van der Waals surface area contributed by atoms with Crippen molar-refractivity contribution in [2.24, 2.45) is 5.92 Å². The Morgan fingerprint density at radius 2 is 1.93 bits per heavy atom. The average molecular weight is 401 g/mol. The van der Waals surface area contributed by atoms with E-state index >= 15 is 0 Å². The molecule has 148 valence electrons. The zero-order valence-corrected chi connectivity index (χ0v) is 17.4. The van der Waals surface area contributed by atoms with Crippen molar-refractivity contribution < 1.29 is 14.0 Å². The lowest BCUT2D eigenvalue weighted by atomic mass is 9.97. The highest BCUT2D eigenvalue weighted by Crippen LogP contribution is 2.27. The molecule has 0 saturated carbocycles. The number of fused-ring (bicyclic) bond motifs is 1. The highest BCUT2D eigenvalue weighted by atomic mass is 32.1. The minimum absolute atomic E-state index is 0.0964. The molecule has 3 rings (SSSR count). The van der Waals surface area contributed by atoms with Crippen LogP contribution in [0.1, 0.15) is 46.2 Å². The Kier molecular flexibility index (Phi) is 5.51. The largest absolute Gasteiger partial charge is 0.440 e. The maximum atomic E-state index is 12.3. The summed E-state index contributed by atoms with van der Waals surface area (Å²) in [6.07, 6.45) is 0.123. The number of amides is 2. The molecule has 28 heavy (non-hydrogen) atoms. The van der Waals surface area contributed by atoms with Crippen LogP contribution in [0.4, 0.5) is 10.8 Å². The molecular weight excluding hydrogens is 376 g/mol. The second-order valence-corrected chi connectivity index (χ2v) is 8.82. The van der Waals surface area contributed by atoms with Crippen molar-refractivity contribution in [2.45, 2.75) is 46.5 Å². The van der Waals surface area contributed by atoms with Gasteiger partial charge >= 0.3 is 0 Å². The fourth-order valence-electron chi connectivity index (χ4n) is 2.39. The monoisotopic (exact) mass is 400 g/mol. The van der Waals surface area contributed by atoms with Crippen LogP contribution < -0.4 is 10.6 Å². The van der Waals surface area contributed by atoms with E-state index in [2.05, 4.69) is 20.6 Å². The summed E-state index contributed by atoms with van der Waals surface area (Å²) in [6.45, 7) is 9.73. The molecular formula is C20H24N4O3S. The van der Waals surface area contributed by atoms with Gasteiger partial charge in [0.25, 0.3) is 0 Å². The van der Waals surface area contributed by atoms with Gasteiger partial charge in [-0.05, 0) is 18.2 Å². The third kappa shape index (κ3) is 4.75. The highest BCUT2D eigenvalue weighted by molar-refractivity contribution is 7.13. The van der Waals surface area contributed by atoms with Crippen molar-refractivity contribution >= 4 is 45.1 Å². The van der Waals surface area contributed by atoms with Crippen LogP contribution >= 0.6 is 11.3 Å². The van der Waals surface area contributed by atoms with Gasteiger partial charge in [-0.3, -0.25) is 9.59 Å². The Bertz CT molecular complexity index is 1010. The van der Waals surface area contributed by atoms with E-state index in [0.717, 1.165) is 0 Å². The first-order valence-corrected chi connectivity index (χ1v) is 9.96. The van der Waals surface area contributed by atoms with Crippen LogP contribution in [0.25, 0.3) is 11.1 Å². The summed E-state index contributed by atoms with van der Waals surface area (Å²) in [4.78, 5) is 32.9. The van der Waals surface area contributed by atoms with E-state index < -0.39 is 0 Å². The Hall–Kier alpha value is -2.74. The van der Waals surface area contributed by atoms with Crippen molar-refractivity contribution in [1.82, 2.24) is 9.97 Å². The number of thiazole rings is 1. The van der Waals surface area contributed by atoms with Gasteiger partial charge < -0.3 is 15.1 Å². The van der Waals surface area contributed by atoms with E-state index in [1.165, 1.54) is 11.3 Å². The van der Waals surface area contributed by atoms with E-state index in [0.29, 0.717) is 33.5 Å². The van der Waals surface area contributed by atoms with Gasteiger partial charge in [0.05, 0.1) is 12.1 Å². The number of carbonyl (C=O) groups excluding carboxylic acids is 2. The van der Waals surface area contributed by atoms with Gasteiger partial charge in [-0.1, -0.05) is 34.6 Å². The molecule has 0 aliphatic rings. The molecule has 2 heterocycles. The number of anilines is 2. The van der Waals surface area contributed by atoms with E-state index in [4.69, 9.17) is 4.42 Å². The average Bonchev–Trinajstić information content (AvgIpc) is 3.20. The summed E-state index contributed by atoms with van der Waals surface area (Å²) in [5.41, 5.74) is 2.47. The molecule has 2 N–H and O–H groups in total. The molecule has 0 aliphatic carbocycles. The second-order valence-electron chi connectivity index (χ2n) is 7.96. The molecule has 0 radical (unpaired) electrons. The van der Waals surface area contributed by atoms with Gasteiger partial charge in [0.2, 0.25) is 17.7 Å². The number of hydrogen-bond acceptors (Lipinski definition) is 6. The standard InChI is InChI=1S/C20H24N4O3S/c1-11(2)17(26)24-19-22-13(10-28-19)9-16(25)21-12-6-7-15-14(8-12)23-18(27-15)20(3,4)5/h6-8,10-11H,9H2,1-5H3,(H,21,25)(H,22,24,26). The minimum Gasteiger partial charge on any atom is -0.440 e. The Labute approximate surface area is 167 Å². The fourth-order valence-corrected chi connectivity index (χ4v) is 3.10. The molecule has 0 atom stereocenters. The van der Waals surface area contributed by atoms with Crippen LogP contribution in [0.2, 0.25) is 0 Å². The molecule has 0 saturated heterocycles. The van der Waals surface area contributed by atoms with E-state index in [-0.39, 0.29) is 29.6 Å². The first-order chi connectivity index (χ1) is 13.1. The number of nitrogens with one attached hydrogen (secondary N) is 2. The molecule has 0 unspecified atom stereocenters. The fraction of sp³-hybridized carbons (Fsp3) is 0.400. The van der Waals surface area contributed by atoms with Gasteiger partial charge in [-0.25, -0.2) is 9.97 Å². The predicted octanol–water partition coefficient (Wildman–Crippen LogP) is 4.36. The number of benzene rings is 1. The summed E-state index contributed by atoms with van der Waals surface area (Å²) >= 11 is 1.30. The highest BCUT2D eigenvalue weighted by Gasteiger charge is 2.21. The quantitative estimate of drug-likeness (QED) is 0.663. The molecule has 0 spiro atoms. The summed E-state index contributed by atoms with van der Waals surface area (Å²) < 4.78 is 5.77. The number of hydrogen-bond donors (Lipinski definition) is 2. The van der Waals surface area contributed by atoms with Gasteiger partial charge in [-0.15, -0.1) is 11.3 Å². The summed E-state index contributed by atoms with van der Waals surface area (Å²) in [5, 5.41) is 7.86. The predicted molar refractivity (Wildman–Crippen MR) is 111 cm³/mol. The van der Waals surface area contributed by atoms with Crippen molar-refractivity contribution in [1.29, 1.82) is 0 Å². The maximum Gasteiger partial charge on any atom is 0.230 e. The molecule has 7 nitrogen and oxygen atoms in total. The van der Waals surface area contributed by atoms with E-state index in [1.807, 2.05) is 34.6 Å². The normalized spacial score (nSPS) is 11.8. The molecule has 3 aromatic rings. The zero-order valence-electron chi connectivity index (χ0n) is 16.6. The van der Waals surface area contributed by atoms with Crippen LogP contribution in [-0.4, -0.2) is 21.8 Å². The van der Waals surface area contributed by atoms with Gasteiger partial charge in [0.15, 0.2) is 10.7 Å². The van der Waals surface area contributed by atoms with Crippen LogP contribution in [0.15, 0.2) is 28.0 Å². The number of rotatable bonds is 5. The van der Waals surface area contributed by atoms with Crippen LogP contribution in [0.5, 0.6) is 0 Å². The summed E-state index contributed by atoms with van der Waals surface area (Å²) in [7, 11) is 0. The lowest BCUT2D eigenvalue weighted by Gasteiger charge is -2.11. The topological polar surface area (TPSA) is 97.1 Å². The number of nitrogens with zero attached hydrogens (tertiary/aromatic N) is 2. The Balaban J connectivity index is 1.65. The smallest absolute Gasteiger partial charge is 0.230 e. The Morgan fingerprint density at radius 3 is 2.61 bits per heavy atom. The summed E-state index contributed by atoms with van der Waals surface area (Å²) in [5.74, 6) is 0.247. The van der Waals surface area contributed by atoms with Crippen molar-refractivity contribution in [2.75, 3.05) is 10.6 Å². The minimum atomic E-state index is -0.189. The maximum absolute atomic E-state index is 12.3. The molecule has 0 aliphatic heterocycles. The van der Waals surface area contributed by atoms with Gasteiger partial charge in [0, 0.05) is 22.4 Å². The number of aromatic nitrogens is 2.